The third-order valence-electron chi connectivity index (χ3n) is 2.82. The predicted molar refractivity (Wildman–Crippen MR) is 78.1 cm³/mol. The van der Waals surface area contributed by atoms with Crippen LogP contribution in [0.2, 0.25) is 0 Å². The number of amides is 1. The van der Waals surface area contributed by atoms with Crippen LogP contribution in [0.5, 0.6) is 0 Å². The van der Waals surface area contributed by atoms with Gasteiger partial charge in [-0.2, -0.15) is 0 Å². The Bertz CT molecular complexity index is 661. The van der Waals surface area contributed by atoms with Gasteiger partial charge in [0.2, 0.25) is 5.91 Å². The first-order valence-corrected chi connectivity index (χ1v) is 6.86. The molecular weight excluding hydrogens is 272 g/mol. The molecule has 6 heteroatoms. The van der Waals surface area contributed by atoms with Crippen LogP contribution >= 0.6 is 0 Å². The van der Waals surface area contributed by atoms with E-state index in [0.717, 1.165) is 0 Å². The van der Waals surface area contributed by atoms with E-state index in [2.05, 4.69) is 5.32 Å². The molecule has 0 saturated heterocycles. The second-order valence-electron chi connectivity index (χ2n) is 5.80. The fourth-order valence-corrected chi connectivity index (χ4v) is 2.12. The molecule has 0 unspecified atom stereocenters. The summed E-state index contributed by atoms with van der Waals surface area (Å²) in [6, 6.07) is 3.32. The Morgan fingerprint density at radius 1 is 1.38 bits per heavy atom. The van der Waals surface area contributed by atoms with Gasteiger partial charge >= 0.3 is 5.97 Å². The Morgan fingerprint density at radius 3 is 2.71 bits per heavy atom. The molecular formula is C15H20N2O4. The van der Waals surface area contributed by atoms with Crippen molar-refractivity contribution in [2.75, 3.05) is 6.61 Å². The Morgan fingerprint density at radius 2 is 2.10 bits per heavy atom. The number of hydrogen-bond acceptors (Lipinski definition) is 4. The molecule has 6 nitrogen and oxygen atoms in total. The number of ether oxygens (including phenoxy) is 1. The topological polar surface area (TPSA) is 73.5 Å². The maximum atomic E-state index is 12.1. The van der Waals surface area contributed by atoms with Gasteiger partial charge in [-0.05, 0) is 27.7 Å². The summed E-state index contributed by atoms with van der Waals surface area (Å²) >= 11 is 0. The molecule has 0 aliphatic carbocycles. The van der Waals surface area contributed by atoms with Crippen LogP contribution in [0.15, 0.2) is 22.8 Å². The molecule has 0 spiro atoms. The van der Waals surface area contributed by atoms with E-state index in [-0.39, 0.29) is 24.6 Å². The van der Waals surface area contributed by atoms with Crippen molar-refractivity contribution in [3.8, 4) is 0 Å². The summed E-state index contributed by atoms with van der Waals surface area (Å²) in [5.41, 5.74) is 1.24. The number of fused-ring (bicyclic) bond motifs is 1. The van der Waals surface area contributed by atoms with Crippen LogP contribution in [0.25, 0.3) is 11.1 Å². The molecule has 2 aromatic rings. The summed E-state index contributed by atoms with van der Waals surface area (Å²) in [6.07, 6.45) is 1.53. The zero-order chi connectivity index (χ0) is 15.6. The van der Waals surface area contributed by atoms with Crippen LogP contribution < -0.4 is 5.32 Å². The number of carbonyl (C=O) groups is 2. The first-order valence-electron chi connectivity index (χ1n) is 6.86. The maximum Gasteiger partial charge on any atom is 0.355 e. The minimum Gasteiger partial charge on any atom is -0.463 e. The van der Waals surface area contributed by atoms with Crippen molar-refractivity contribution in [2.24, 2.45) is 0 Å². The lowest BCUT2D eigenvalue weighted by molar-refractivity contribution is -0.123. The number of furan rings is 1. The van der Waals surface area contributed by atoms with Gasteiger partial charge in [-0.25, -0.2) is 4.79 Å². The summed E-state index contributed by atoms with van der Waals surface area (Å²) < 4.78 is 11.9. The first-order chi connectivity index (χ1) is 9.81. The molecule has 1 amide bonds. The van der Waals surface area contributed by atoms with E-state index in [4.69, 9.17) is 9.15 Å². The molecule has 0 radical (unpaired) electrons. The second-order valence-corrected chi connectivity index (χ2v) is 5.80. The van der Waals surface area contributed by atoms with E-state index >= 15 is 0 Å². The van der Waals surface area contributed by atoms with Gasteiger partial charge in [0.15, 0.2) is 5.58 Å². The monoisotopic (exact) mass is 292 g/mol. The SMILES string of the molecule is CCOC(=O)c1cc2occc2n1CC(=O)NC(C)(C)C. The van der Waals surface area contributed by atoms with Crippen molar-refractivity contribution in [3.63, 3.8) is 0 Å². The number of carbonyl (C=O) groups excluding carboxylic acids is 2. The average molecular weight is 292 g/mol. The van der Waals surface area contributed by atoms with Crippen LogP contribution in [0.4, 0.5) is 0 Å². The molecule has 0 aromatic carbocycles. The van der Waals surface area contributed by atoms with Gasteiger partial charge in [0.1, 0.15) is 12.2 Å². The molecule has 2 rings (SSSR count). The summed E-state index contributed by atoms with van der Waals surface area (Å²) in [5.74, 6) is -0.640. The van der Waals surface area contributed by atoms with Crippen LogP contribution in [0.3, 0.4) is 0 Å². The normalized spacial score (nSPS) is 11.6. The molecule has 2 aromatic heterocycles. The molecule has 2 heterocycles. The van der Waals surface area contributed by atoms with Gasteiger partial charge in [-0.1, -0.05) is 0 Å². The predicted octanol–water partition coefficient (Wildman–Crippen LogP) is 2.33. The number of nitrogens with zero attached hydrogens (tertiary/aromatic N) is 1. The van der Waals surface area contributed by atoms with E-state index in [9.17, 15) is 9.59 Å². The Labute approximate surface area is 123 Å². The maximum absolute atomic E-state index is 12.1. The lowest BCUT2D eigenvalue weighted by Crippen LogP contribution is -2.42. The second kappa shape index (κ2) is 5.63. The van der Waals surface area contributed by atoms with Crippen molar-refractivity contribution in [1.29, 1.82) is 0 Å². The highest BCUT2D eigenvalue weighted by Gasteiger charge is 2.21. The first kappa shape index (κ1) is 15.2. The molecule has 114 valence electrons. The third kappa shape index (κ3) is 3.45. The van der Waals surface area contributed by atoms with E-state index in [0.29, 0.717) is 16.8 Å². The average Bonchev–Trinajstić information content (AvgIpc) is 2.89. The molecule has 0 aliphatic heterocycles. The fourth-order valence-electron chi connectivity index (χ4n) is 2.12. The van der Waals surface area contributed by atoms with Crippen molar-refractivity contribution >= 4 is 23.0 Å². The number of rotatable bonds is 4. The highest BCUT2D eigenvalue weighted by Crippen LogP contribution is 2.21. The van der Waals surface area contributed by atoms with E-state index in [1.165, 1.54) is 6.26 Å². The van der Waals surface area contributed by atoms with Crippen molar-refractivity contribution < 1.29 is 18.7 Å². The molecule has 0 saturated carbocycles. The minimum atomic E-state index is -0.465. The van der Waals surface area contributed by atoms with Gasteiger partial charge in [-0.15, -0.1) is 0 Å². The Balaban J connectivity index is 2.32. The number of hydrogen-bond donors (Lipinski definition) is 1. The highest BCUT2D eigenvalue weighted by molar-refractivity contribution is 5.95. The molecule has 21 heavy (non-hydrogen) atoms. The minimum absolute atomic E-state index is 0.0362. The van der Waals surface area contributed by atoms with Crippen molar-refractivity contribution in [2.45, 2.75) is 39.8 Å². The molecule has 0 atom stereocenters. The van der Waals surface area contributed by atoms with Crippen LogP contribution in [0, 0.1) is 0 Å². The van der Waals surface area contributed by atoms with E-state index in [1.807, 2.05) is 20.8 Å². The summed E-state index contributed by atoms with van der Waals surface area (Å²) in [7, 11) is 0. The van der Waals surface area contributed by atoms with Crippen LogP contribution in [-0.2, 0) is 16.1 Å². The number of esters is 1. The van der Waals surface area contributed by atoms with Crippen molar-refractivity contribution in [3.05, 3.63) is 24.1 Å². The molecule has 0 fully saturated rings. The van der Waals surface area contributed by atoms with Gasteiger partial charge < -0.3 is 19.0 Å². The van der Waals surface area contributed by atoms with E-state index in [1.54, 1.807) is 23.6 Å². The largest absolute Gasteiger partial charge is 0.463 e. The third-order valence-corrected chi connectivity index (χ3v) is 2.82. The summed E-state index contributed by atoms with van der Waals surface area (Å²) in [4.78, 5) is 24.1. The molecule has 0 aliphatic rings. The summed E-state index contributed by atoms with van der Waals surface area (Å²) in [5, 5.41) is 2.87. The summed E-state index contributed by atoms with van der Waals surface area (Å²) in [6.45, 7) is 7.76. The van der Waals surface area contributed by atoms with Crippen molar-refractivity contribution in [1.82, 2.24) is 9.88 Å². The highest BCUT2D eigenvalue weighted by atomic mass is 16.5. The van der Waals surface area contributed by atoms with Gasteiger partial charge in [-0.3, -0.25) is 4.79 Å². The quantitative estimate of drug-likeness (QED) is 0.878. The van der Waals surface area contributed by atoms with Gasteiger partial charge in [0.25, 0.3) is 0 Å². The molecule has 0 bridgehead atoms. The van der Waals surface area contributed by atoms with Crippen LogP contribution in [0.1, 0.15) is 38.2 Å². The standard InChI is InChI=1S/C15H20N2O4/c1-5-20-14(19)11-8-12-10(6-7-21-12)17(11)9-13(18)16-15(2,3)4/h6-8H,5,9H2,1-4H3,(H,16,18). The van der Waals surface area contributed by atoms with E-state index < -0.39 is 5.97 Å². The van der Waals surface area contributed by atoms with Gasteiger partial charge in [0, 0.05) is 17.7 Å². The Kier molecular flexibility index (Phi) is 4.06. The van der Waals surface area contributed by atoms with Crippen LogP contribution in [-0.4, -0.2) is 28.6 Å². The lowest BCUT2D eigenvalue weighted by Gasteiger charge is -2.21. The Hall–Kier alpha value is -2.24. The molecule has 1 N–H and O–H groups in total. The number of nitrogens with one attached hydrogen (secondary N) is 1. The zero-order valence-corrected chi connectivity index (χ0v) is 12.7. The smallest absolute Gasteiger partial charge is 0.355 e. The zero-order valence-electron chi connectivity index (χ0n) is 12.7. The number of aromatic nitrogens is 1. The lowest BCUT2D eigenvalue weighted by atomic mass is 10.1. The van der Waals surface area contributed by atoms with Gasteiger partial charge in [0.05, 0.1) is 18.4 Å². The fraction of sp³-hybridized carbons (Fsp3) is 0.467.